The Hall–Kier alpha value is -2.49. The predicted octanol–water partition coefficient (Wildman–Crippen LogP) is 3.44. The summed E-state index contributed by atoms with van der Waals surface area (Å²) in [6, 6.07) is 13.4. The van der Waals surface area contributed by atoms with Gasteiger partial charge in [-0.15, -0.1) is 0 Å². The average molecular weight is 270 g/mol. The Morgan fingerprint density at radius 2 is 1.95 bits per heavy atom. The number of hydrogen-bond acceptors (Lipinski definition) is 3. The third kappa shape index (κ3) is 3.09. The molecule has 4 heteroatoms. The van der Waals surface area contributed by atoms with E-state index in [1.807, 2.05) is 31.2 Å². The second-order valence-corrected chi connectivity index (χ2v) is 4.56. The number of ether oxygens (including phenoxy) is 1. The standard InChI is InChI=1S/C16H18N2O2/c1-3-12-5-4-6-13(10-12)20-14-7-8-15(11(2)9-14)16(17)18-19/h4-10,19H,3H2,1-2H3,(H2,17,18). The van der Waals surface area contributed by atoms with Crippen LogP contribution >= 0.6 is 0 Å². The third-order valence-corrected chi connectivity index (χ3v) is 3.12. The van der Waals surface area contributed by atoms with Crippen LogP contribution in [0.5, 0.6) is 11.5 Å². The summed E-state index contributed by atoms with van der Waals surface area (Å²) in [5.41, 5.74) is 8.41. The van der Waals surface area contributed by atoms with Gasteiger partial charge in [-0.2, -0.15) is 0 Å². The topological polar surface area (TPSA) is 67.8 Å². The van der Waals surface area contributed by atoms with E-state index in [-0.39, 0.29) is 5.84 Å². The van der Waals surface area contributed by atoms with Crippen LogP contribution in [-0.2, 0) is 6.42 Å². The molecule has 0 aliphatic rings. The predicted molar refractivity (Wildman–Crippen MR) is 79.6 cm³/mol. The van der Waals surface area contributed by atoms with E-state index in [9.17, 15) is 0 Å². The number of hydrogen-bond donors (Lipinski definition) is 2. The van der Waals surface area contributed by atoms with Gasteiger partial charge >= 0.3 is 0 Å². The van der Waals surface area contributed by atoms with E-state index in [1.54, 1.807) is 12.1 Å². The van der Waals surface area contributed by atoms with Gasteiger partial charge in [0.05, 0.1) is 0 Å². The molecule has 20 heavy (non-hydrogen) atoms. The fourth-order valence-corrected chi connectivity index (χ4v) is 2.01. The largest absolute Gasteiger partial charge is 0.457 e. The van der Waals surface area contributed by atoms with Crippen LogP contribution in [0.1, 0.15) is 23.6 Å². The Morgan fingerprint density at radius 1 is 1.20 bits per heavy atom. The second-order valence-electron chi connectivity index (χ2n) is 4.56. The van der Waals surface area contributed by atoms with Crippen LogP contribution in [0.4, 0.5) is 0 Å². The van der Waals surface area contributed by atoms with E-state index < -0.39 is 0 Å². The summed E-state index contributed by atoms with van der Waals surface area (Å²) in [6.45, 7) is 4.00. The van der Waals surface area contributed by atoms with Crippen molar-refractivity contribution in [3.8, 4) is 11.5 Å². The molecule has 0 aromatic heterocycles. The highest BCUT2D eigenvalue weighted by molar-refractivity contribution is 5.98. The Morgan fingerprint density at radius 3 is 2.60 bits per heavy atom. The fourth-order valence-electron chi connectivity index (χ4n) is 2.01. The van der Waals surface area contributed by atoms with E-state index in [0.29, 0.717) is 5.56 Å². The van der Waals surface area contributed by atoms with Crippen molar-refractivity contribution >= 4 is 5.84 Å². The molecule has 0 saturated heterocycles. The Kier molecular flexibility index (Phi) is 4.25. The molecule has 0 radical (unpaired) electrons. The molecule has 104 valence electrons. The van der Waals surface area contributed by atoms with Crippen LogP contribution in [0, 0.1) is 6.92 Å². The third-order valence-electron chi connectivity index (χ3n) is 3.12. The molecule has 2 rings (SSSR count). The maximum atomic E-state index is 8.71. The second kappa shape index (κ2) is 6.10. The quantitative estimate of drug-likeness (QED) is 0.387. The van der Waals surface area contributed by atoms with Gasteiger partial charge in [-0.25, -0.2) is 0 Å². The first-order valence-corrected chi connectivity index (χ1v) is 6.49. The number of rotatable bonds is 4. The number of oxime groups is 1. The van der Waals surface area contributed by atoms with Gasteiger partial charge in [0.25, 0.3) is 0 Å². The molecule has 0 aliphatic heterocycles. The fraction of sp³-hybridized carbons (Fsp3) is 0.188. The smallest absolute Gasteiger partial charge is 0.170 e. The zero-order chi connectivity index (χ0) is 14.5. The zero-order valence-electron chi connectivity index (χ0n) is 11.6. The van der Waals surface area contributed by atoms with Crippen molar-refractivity contribution in [1.29, 1.82) is 0 Å². The highest BCUT2D eigenvalue weighted by atomic mass is 16.5. The van der Waals surface area contributed by atoms with Crippen molar-refractivity contribution < 1.29 is 9.94 Å². The van der Waals surface area contributed by atoms with Crippen LogP contribution in [0.25, 0.3) is 0 Å². The Labute approximate surface area is 118 Å². The summed E-state index contributed by atoms with van der Waals surface area (Å²) >= 11 is 0. The molecule has 0 spiro atoms. The minimum absolute atomic E-state index is 0.0991. The molecule has 0 unspecified atom stereocenters. The van der Waals surface area contributed by atoms with Crippen LogP contribution in [0.2, 0.25) is 0 Å². The molecule has 4 nitrogen and oxygen atoms in total. The first-order chi connectivity index (χ1) is 9.63. The van der Waals surface area contributed by atoms with Gasteiger partial charge in [0.15, 0.2) is 5.84 Å². The zero-order valence-corrected chi connectivity index (χ0v) is 11.6. The lowest BCUT2D eigenvalue weighted by atomic mass is 10.1. The van der Waals surface area contributed by atoms with Gasteiger partial charge in [-0.1, -0.05) is 24.2 Å². The highest BCUT2D eigenvalue weighted by Gasteiger charge is 2.06. The number of amidine groups is 1. The molecule has 0 aliphatic carbocycles. The van der Waals surface area contributed by atoms with Gasteiger partial charge in [0.1, 0.15) is 11.5 Å². The molecule has 2 aromatic rings. The lowest BCUT2D eigenvalue weighted by molar-refractivity contribution is 0.318. The highest BCUT2D eigenvalue weighted by Crippen LogP contribution is 2.24. The van der Waals surface area contributed by atoms with Crippen molar-refractivity contribution in [3.63, 3.8) is 0 Å². The van der Waals surface area contributed by atoms with Gasteiger partial charge < -0.3 is 15.7 Å². The normalized spacial score (nSPS) is 11.4. The van der Waals surface area contributed by atoms with Crippen LogP contribution < -0.4 is 10.5 Å². The molecular weight excluding hydrogens is 252 g/mol. The lowest BCUT2D eigenvalue weighted by Crippen LogP contribution is -2.14. The van der Waals surface area contributed by atoms with Crippen LogP contribution in [0.15, 0.2) is 47.6 Å². The van der Waals surface area contributed by atoms with Crippen molar-refractivity contribution in [2.45, 2.75) is 20.3 Å². The number of nitrogens with zero attached hydrogens (tertiary/aromatic N) is 1. The maximum absolute atomic E-state index is 8.71. The minimum atomic E-state index is 0.0991. The first-order valence-electron chi connectivity index (χ1n) is 6.49. The molecular formula is C16H18N2O2. The molecule has 0 heterocycles. The van der Waals surface area contributed by atoms with Crippen molar-refractivity contribution in [2.24, 2.45) is 10.9 Å². The van der Waals surface area contributed by atoms with E-state index >= 15 is 0 Å². The van der Waals surface area contributed by atoms with Gasteiger partial charge in [0.2, 0.25) is 0 Å². The summed E-state index contributed by atoms with van der Waals surface area (Å²) in [4.78, 5) is 0. The molecule has 0 saturated carbocycles. The molecule has 0 fully saturated rings. The summed E-state index contributed by atoms with van der Waals surface area (Å²) in [5, 5.41) is 11.7. The summed E-state index contributed by atoms with van der Waals surface area (Å²) in [5.74, 6) is 1.63. The summed E-state index contributed by atoms with van der Waals surface area (Å²) in [6.07, 6.45) is 0.971. The Bertz CT molecular complexity index is 636. The number of aryl methyl sites for hydroxylation is 2. The molecule has 0 amide bonds. The minimum Gasteiger partial charge on any atom is -0.457 e. The Balaban J connectivity index is 2.24. The van der Waals surface area contributed by atoms with Gasteiger partial charge in [-0.3, -0.25) is 0 Å². The lowest BCUT2D eigenvalue weighted by Gasteiger charge is -2.10. The average Bonchev–Trinajstić information content (AvgIpc) is 2.47. The number of benzene rings is 2. The van der Waals surface area contributed by atoms with E-state index in [4.69, 9.17) is 15.7 Å². The molecule has 3 N–H and O–H groups in total. The SMILES string of the molecule is CCc1cccc(Oc2ccc(/C(N)=N/O)c(C)c2)c1. The van der Waals surface area contributed by atoms with Crippen LogP contribution in [-0.4, -0.2) is 11.0 Å². The number of nitrogens with two attached hydrogens (primary N) is 1. The van der Waals surface area contributed by atoms with Gasteiger partial charge in [0, 0.05) is 5.56 Å². The van der Waals surface area contributed by atoms with Crippen LogP contribution in [0.3, 0.4) is 0 Å². The summed E-state index contributed by atoms with van der Waals surface area (Å²) < 4.78 is 5.83. The van der Waals surface area contributed by atoms with E-state index in [2.05, 4.69) is 18.1 Å². The maximum Gasteiger partial charge on any atom is 0.170 e. The van der Waals surface area contributed by atoms with Crippen molar-refractivity contribution in [2.75, 3.05) is 0 Å². The molecule has 0 atom stereocenters. The van der Waals surface area contributed by atoms with Crippen molar-refractivity contribution in [3.05, 3.63) is 59.2 Å². The van der Waals surface area contributed by atoms with Crippen molar-refractivity contribution in [1.82, 2.24) is 0 Å². The van der Waals surface area contributed by atoms with Gasteiger partial charge in [-0.05, 0) is 54.8 Å². The molecule has 2 aromatic carbocycles. The van der Waals surface area contributed by atoms with E-state index in [0.717, 1.165) is 23.5 Å². The molecule has 0 bridgehead atoms. The monoisotopic (exact) mass is 270 g/mol. The first kappa shape index (κ1) is 13.9. The summed E-state index contributed by atoms with van der Waals surface area (Å²) in [7, 11) is 0. The van der Waals surface area contributed by atoms with E-state index in [1.165, 1.54) is 5.56 Å².